The van der Waals surface area contributed by atoms with E-state index in [4.69, 9.17) is 4.42 Å². The first kappa shape index (κ1) is 19.0. The number of nitriles is 1. The number of carbonyl (C=O) groups is 2. The Kier molecular flexibility index (Phi) is 5.81. The molecule has 1 saturated heterocycles. The molecule has 0 aromatic carbocycles. The quantitative estimate of drug-likeness (QED) is 0.751. The number of hydrogen-bond acceptors (Lipinski definition) is 6. The molecule has 0 atom stereocenters. The van der Waals surface area contributed by atoms with Crippen molar-refractivity contribution in [2.75, 3.05) is 31.9 Å². The highest BCUT2D eigenvalue weighted by Gasteiger charge is 2.26. The zero-order valence-electron chi connectivity index (χ0n) is 15.3. The molecule has 1 aliphatic rings. The maximum absolute atomic E-state index is 12.5. The lowest BCUT2D eigenvalue weighted by Crippen LogP contribution is -2.51. The number of aromatic nitrogens is 1. The number of amides is 2. The lowest BCUT2D eigenvalue weighted by atomic mass is 10.1. The fraction of sp³-hybridized carbons (Fsp3) is 0.368. The molecule has 2 amide bonds. The molecule has 8 heteroatoms. The second kappa shape index (κ2) is 8.27. The monoisotopic (exact) mass is 384 g/mol. The number of nitrogens with zero attached hydrogens (tertiary/aromatic N) is 4. The van der Waals surface area contributed by atoms with Crippen molar-refractivity contribution >= 4 is 23.6 Å². The van der Waals surface area contributed by atoms with Crippen LogP contribution in [0.3, 0.4) is 0 Å². The van der Waals surface area contributed by atoms with E-state index in [9.17, 15) is 14.9 Å². The van der Waals surface area contributed by atoms with Gasteiger partial charge < -0.3 is 14.2 Å². The van der Waals surface area contributed by atoms with E-state index in [0.29, 0.717) is 42.5 Å². The lowest BCUT2D eigenvalue weighted by Gasteiger charge is -2.34. The zero-order valence-corrected chi connectivity index (χ0v) is 16.1. The van der Waals surface area contributed by atoms with E-state index >= 15 is 0 Å². The number of hydrogen-bond donors (Lipinski definition) is 0. The Labute approximate surface area is 162 Å². The largest absolute Gasteiger partial charge is 0.459 e. The molecule has 7 nitrogen and oxygen atoms in total. The van der Waals surface area contributed by atoms with Crippen molar-refractivity contribution in [1.82, 2.24) is 14.8 Å². The third-order valence-electron chi connectivity index (χ3n) is 4.41. The van der Waals surface area contributed by atoms with Crippen LogP contribution < -0.4 is 0 Å². The van der Waals surface area contributed by atoms with Crippen molar-refractivity contribution in [3.8, 4) is 6.07 Å². The Morgan fingerprint density at radius 1 is 1.26 bits per heavy atom. The molecule has 0 saturated carbocycles. The predicted octanol–water partition coefficient (Wildman–Crippen LogP) is 2.24. The first-order valence-electron chi connectivity index (χ1n) is 8.61. The third-order valence-corrected chi connectivity index (χ3v) is 5.37. The highest BCUT2D eigenvalue weighted by Crippen LogP contribution is 2.24. The molecule has 3 heterocycles. The minimum absolute atomic E-state index is 0.0186. The number of thioether (sulfide) groups is 1. The van der Waals surface area contributed by atoms with Crippen LogP contribution in [0, 0.1) is 25.2 Å². The molecular formula is C19H20N4O3S. The van der Waals surface area contributed by atoms with Crippen LogP contribution in [0.2, 0.25) is 0 Å². The van der Waals surface area contributed by atoms with Crippen LogP contribution in [-0.2, 0) is 4.79 Å². The molecule has 3 rings (SSSR count). The van der Waals surface area contributed by atoms with Gasteiger partial charge >= 0.3 is 0 Å². The summed E-state index contributed by atoms with van der Waals surface area (Å²) >= 11 is 1.29. The van der Waals surface area contributed by atoms with Gasteiger partial charge in [0.25, 0.3) is 5.91 Å². The summed E-state index contributed by atoms with van der Waals surface area (Å²) in [5.74, 6) is 0.362. The maximum Gasteiger partial charge on any atom is 0.289 e. The Morgan fingerprint density at radius 2 is 1.96 bits per heavy atom. The molecule has 2 aromatic rings. The van der Waals surface area contributed by atoms with Gasteiger partial charge in [0.1, 0.15) is 11.1 Å². The van der Waals surface area contributed by atoms with Gasteiger partial charge in [0, 0.05) is 31.9 Å². The van der Waals surface area contributed by atoms with Gasteiger partial charge in [-0.05, 0) is 37.6 Å². The molecule has 140 valence electrons. The van der Waals surface area contributed by atoms with E-state index < -0.39 is 0 Å². The van der Waals surface area contributed by atoms with Crippen LogP contribution in [0.4, 0.5) is 0 Å². The molecule has 0 radical (unpaired) electrons. The van der Waals surface area contributed by atoms with Crippen molar-refractivity contribution in [2.24, 2.45) is 0 Å². The van der Waals surface area contributed by atoms with Crippen molar-refractivity contribution < 1.29 is 14.0 Å². The van der Waals surface area contributed by atoms with Crippen LogP contribution >= 0.6 is 11.8 Å². The van der Waals surface area contributed by atoms with E-state index in [1.165, 1.54) is 18.0 Å². The molecule has 0 unspecified atom stereocenters. The summed E-state index contributed by atoms with van der Waals surface area (Å²) in [4.78, 5) is 32.6. The van der Waals surface area contributed by atoms with Crippen molar-refractivity contribution in [2.45, 2.75) is 18.9 Å². The van der Waals surface area contributed by atoms with E-state index in [1.807, 2.05) is 19.9 Å². The fourth-order valence-electron chi connectivity index (χ4n) is 2.98. The van der Waals surface area contributed by atoms with E-state index in [2.05, 4.69) is 11.1 Å². The molecule has 27 heavy (non-hydrogen) atoms. The van der Waals surface area contributed by atoms with Gasteiger partial charge in [-0.25, -0.2) is 4.98 Å². The van der Waals surface area contributed by atoms with E-state index in [1.54, 1.807) is 21.9 Å². The average molecular weight is 384 g/mol. The number of aryl methyl sites for hydroxylation is 2. The molecule has 2 aromatic heterocycles. The molecule has 0 bridgehead atoms. The molecule has 0 N–H and O–H groups in total. The zero-order chi connectivity index (χ0) is 19.4. The Balaban J connectivity index is 1.55. The summed E-state index contributed by atoms with van der Waals surface area (Å²) in [6.45, 7) is 5.65. The van der Waals surface area contributed by atoms with E-state index in [0.717, 1.165) is 11.3 Å². The Hall–Kier alpha value is -2.79. The minimum atomic E-state index is -0.153. The predicted molar refractivity (Wildman–Crippen MR) is 100 cm³/mol. The van der Waals surface area contributed by atoms with Crippen molar-refractivity contribution in [1.29, 1.82) is 5.26 Å². The number of piperazine rings is 1. The number of furan rings is 1. The van der Waals surface area contributed by atoms with Crippen molar-refractivity contribution in [3.63, 3.8) is 0 Å². The van der Waals surface area contributed by atoms with Gasteiger partial charge in [-0.3, -0.25) is 9.59 Å². The Bertz CT molecular complexity index is 881. The van der Waals surface area contributed by atoms with Gasteiger partial charge in [0.2, 0.25) is 5.91 Å². The molecular weight excluding hydrogens is 364 g/mol. The standard InChI is InChI=1S/C19H20N4O3S/c1-13-10-14(2)21-18(15(13)11-20)27-12-17(24)22-5-7-23(8-6-22)19(25)16-4-3-9-26-16/h3-4,9-10H,5-8,12H2,1-2H3. The Morgan fingerprint density at radius 3 is 2.59 bits per heavy atom. The van der Waals surface area contributed by atoms with Crippen LogP contribution in [0.5, 0.6) is 0 Å². The van der Waals surface area contributed by atoms with Crippen molar-refractivity contribution in [3.05, 3.63) is 47.0 Å². The van der Waals surface area contributed by atoms with Crippen LogP contribution in [-0.4, -0.2) is 58.5 Å². The van der Waals surface area contributed by atoms with Crippen LogP contribution in [0.25, 0.3) is 0 Å². The van der Waals surface area contributed by atoms with E-state index in [-0.39, 0.29) is 17.6 Å². The topological polar surface area (TPSA) is 90.4 Å². The second-order valence-electron chi connectivity index (χ2n) is 6.31. The van der Waals surface area contributed by atoms with Gasteiger partial charge in [-0.2, -0.15) is 5.26 Å². The lowest BCUT2D eigenvalue weighted by molar-refractivity contribution is -0.129. The third kappa shape index (κ3) is 4.31. The number of carbonyl (C=O) groups excluding carboxylic acids is 2. The molecule has 0 spiro atoms. The summed E-state index contributed by atoms with van der Waals surface area (Å²) in [6.07, 6.45) is 1.47. The van der Waals surface area contributed by atoms with Gasteiger partial charge in [-0.15, -0.1) is 0 Å². The summed E-state index contributed by atoms with van der Waals surface area (Å²) in [5, 5.41) is 9.91. The maximum atomic E-state index is 12.5. The van der Waals surface area contributed by atoms with Gasteiger partial charge in [-0.1, -0.05) is 11.8 Å². The summed E-state index contributed by atoms with van der Waals surface area (Å²) < 4.78 is 5.14. The second-order valence-corrected chi connectivity index (χ2v) is 7.28. The highest BCUT2D eigenvalue weighted by atomic mass is 32.2. The molecule has 1 aliphatic heterocycles. The average Bonchev–Trinajstić information content (AvgIpc) is 3.20. The number of rotatable bonds is 4. The SMILES string of the molecule is Cc1cc(C)c(C#N)c(SCC(=O)N2CCN(C(=O)c3ccco3)CC2)n1. The minimum Gasteiger partial charge on any atom is -0.459 e. The molecule has 0 aliphatic carbocycles. The summed E-state index contributed by atoms with van der Waals surface area (Å²) in [6, 6.07) is 7.35. The molecule has 1 fully saturated rings. The fourth-order valence-corrected chi connectivity index (χ4v) is 3.98. The summed E-state index contributed by atoms with van der Waals surface area (Å²) in [7, 11) is 0. The first-order chi connectivity index (χ1) is 13.0. The van der Waals surface area contributed by atoms with Gasteiger partial charge in [0.05, 0.1) is 17.6 Å². The number of pyridine rings is 1. The first-order valence-corrected chi connectivity index (χ1v) is 9.60. The van der Waals surface area contributed by atoms with Crippen LogP contribution in [0.15, 0.2) is 33.9 Å². The normalized spacial score (nSPS) is 14.1. The smallest absolute Gasteiger partial charge is 0.289 e. The highest BCUT2D eigenvalue weighted by molar-refractivity contribution is 8.00. The van der Waals surface area contributed by atoms with Crippen LogP contribution in [0.1, 0.15) is 27.4 Å². The van der Waals surface area contributed by atoms with Gasteiger partial charge in [0.15, 0.2) is 5.76 Å². The summed E-state index contributed by atoms with van der Waals surface area (Å²) in [5.41, 5.74) is 2.21.